The molecular weight excluding hydrogens is 202 g/mol. The molecule has 0 aromatic rings. The van der Waals surface area contributed by atoms with Crippen LogP contribution in [-0.2, 0) is 9.53 Å². The maximum Gasteiger partial charge on any atom is 0.334 e. The summed E-state index contributed by atoms with van der Waals surface area (Å²) in [7, 11) is 0. The highest BCUT2D eigenvalue weighted by Gasteiger charge is 2.28. The molecule has 0 aromatic heterocycles. The second kappa shape index (κ2) is 6.04. The lowest BCUT2D eigenvalue weighted by Gasteiger charge is -2.27. The molecule has 3 nitrogen and oxygen atoms in total. The van der Waals surface area contributed by atoms with Crippen molar-refractivity contribution in [1.29, 1.82) is 0 Å². The fourth-order valence-electron chi connectivity index (χ4n) is 2.35. The number of carbonyl (C=O) groups excluding carboxylic acids is 1. The summed E-state index contributed by atoms with van der Waals surface area (Å²) >= 11 is 0. The van der Waals surface area contributed by atoms with Crippen molar-refractivity contribution in [2.45, 2.75) is 39.7 Å². The van der Waals surface area contributed by atoms with Gasteiger partial charge < -0.3 is 4.74 Å². The van der Waals surface area contributed by atoms with E-state index in [9.17, 15) is 4.79 Å². The monoisotopic (exact) mass is 225 g/mol. The molecule has 0 amide bonds. The average Bonchev–Trinajstić information content (AvgIpc) is 2.66. The number of esters is 1. The Labute approximate surface area is 98.5 Å². The molecule has 0 saturated carbocycles. The van der Waals surface area contributed by atoms with E-state index in [1.807, 2.05) is 6.92 Å². The Kier molecular flexibility index (Phi) is 5.00. The van der Waals surface area contributed by atoms with Crippen molar-refractivity contribution in [1.82, 2.24) is 4.90 Å². The molecule has 1 aliphatic rings. The van der Waals surface area contributed by atoms with Crippen LogP contribution in [0.1, 0.15) is 33.6 Å². The molecule has 0 aliphatic carbocycles. The van der Waals surface area contributed by atoms with Crippen LogP contribution in [0.25, 0.3) is 0 Å². The molecule has 1 fully saturated rings. The number of hydrogen-bond acceptors (Lipinski definition) is 3. The lowest BCUT2D eigenvalue weighted by Crippen LogP contribution is -2.36. The minimum Gasteiger partial charge on any atom is -0.463 e. The number of hydrogen-bond donors (Lipinski definition) is 0. The van der Waals surface area contributed by atoms with Crippen LogP contribution in [0.15, 0.2) is 12.2 Å². The Hall–Kier alpha value is -0.830. The van der Waals surface area contributed by atoms with Crippen molar-refractivity contribution >= 4 is 5.97 Å². The Morgan fingerprint density at radius 2 is 2.25 bits per heavy atom. The first-order valence-electron chi connectivity index (χ1n) is 6.15. The van der Waals surface area contributed by atoms with Gasteiger partial charge in [-0.3, -0.25) is 4.90 Å². The van der Waals surface area contributed by atoms with Crippen molar-refractivity contribution in [3.05, 3.63) is 12.2 Å². The molecule has 1 aliphatic heterocycles. The zero-order chi connectivity index (χ0) is 12.1. The topological polar surface area (TPSA) is 29.5 Å². The van der Waals surface area contributed by atoms with E-state index in [2.05, 4.69) is 25.3 Å². The quantitative estimate of drug-likeness (QED) is 0.531. The van der Waals surface area contributed by atoms with Crippen LogP contribution < -0.4 is 0 Å². The van der Waals surface area contributed by atoms with Gasteiger partial charge in [0.25, 0.3) is 0 Å². The van der Waals surface area contributed by atoms with Crippen LogP contribution in [0.5, 0.6) is 0 Å². The predicted octanol–water partition coefficient (Wildman–Crippen LogP) is 2.23. The number of carbonyl (C=O) groups is 1. The Morgan fingerprint density at radius 1 is 1.56 bits per heavy atom. The summed E-state index contributed by atoms with van der Waals surface area (Å²) in [6, 6.07) is 0.589. The summed E-state index contributed by atoms with van der Waals surface area (Å²) in [4.78, 5) is 13.8. The molecule has 0 N–H and O–H groups in total. The maximum atomic E-state index is 11.5. The fourth-order valence-corrected chi connectivity index (χ4v) is 2.35. The molecule has 0 spiro atoms. The van der Waals surface area contributed by atoms with Gasteiger partial charge >= 0.3 is 5.97 Å². The van der Waals surface area contributed by atoms with Gasteiger partial charge in [-0.15, -0.1) is 0 Å². The second-order valence-electron chi connectivity index (χ2n) is 4.75. The lowest BCUT2D eigenvalue weighted by atomic mass is 10.0. The highest BCUT2D eigenvalue weighted by molar-refractivity contribution is 5.88. The summed E-state index contributed by atoms with van der Waals surface area (Å²) in [5.74, 6) is 0.384. The molecular formula is C13H23NO2. The van der Waals surface area contributed by atoms with Crippen LogP contribution in [0.4, 0.5) is 0 Å². The molecule has 16 heavy (non-hydrogen) atoms. The minimum absolute atomic E-state index is 0.253. The van der Waals surface area contributed by atoms with Gasteiger partial charge in [0.1, 0.15) is 0 Å². The maximum absolute atomic E-state index is 11.5. The van der Waals surface area contributed by atoms with Gasteiger partial charge in [0.05, 0.1) is 6.61 Å². The molecule has 0 radical (unpaired) electrons. The molecule has 1 unspecified atom stereocenters. The lowest BCUT2D eigenvalue weighted by molar-refractivity contribution is -0.138. The van der Waals surface area contributed by atoms with Gasteiger partial charge in [-0.05, 0) is 32.2 Å². The third-order valence-electron chi connectivity index (χ3n) is 3.14. The number of ether oxygens (including phenoxy) is 1. The highest BCUT2D eigenvalue weighted by Crippen LogP contribution is 2.24. The molecule has 1 saturated heterocycles. The molecule has 1 rings (SSSR count). The summed E-state index contributed by atoms with van der Waals surface area (Å²) < 4.78 is 4.94. The summed E-state index contributed by atoms with van der Waals surface area (Å²) in [6.07, 6.45) is 2.45. The van der Waals surface area contributed by atoms with Gasteiger partial charge in [-0.25, -0.2) is 4.79 Å². The zero-order valence-corrected chi connectivity index (χ0v) is 10.7. The summed E-state index contributed by atoms with van der Waals surface area (Å²) in [6.45, 7) is 12.2. The van der Waals surface area contributed by atoms with Gasteiger partial charge in [0.2, 0.25) is 0 Å². The number of nitrogens with zero attached hydrogens (tertiary/aromatic N) is 1. The van der Waals surface area contributed by atoms with Crippen molar-refractivity contribution in [3.8, 4) is 0 Å². The SMILES string of the molecule is C=C(CN1CCCC1C(C)C)C(=O)OCC. The van der Waals surface area contributed by atoms with E-state index in [1.165, 1.54) is 12.8 Å². The van der Waals surface area contributed by atoms with E-state index in [-0.39, 0.29) is 5.97 Å². The van der Waals surface area contributed by atoms with Crippen LogP contribution in [-0.4, -0.2) is 36.6 Å². The smallest absolute Gasteiger partial charge is 0.334 e. The van der Waals surface area contributed by atoms with Crippen molar-refractivity contribution < 1.29 is 9.53 Å². The van der Waals surface area contributed by atoms with Gasteiger partial charge in [0, 0.05) is 18.2 Å². The van der Waals surface area contributed by atoms with E-state index >= 15 is 0 Å². The third kappa shape index (κ3) is 3.34. The average molecular weight is 225 g/mol. The standard InChI is InChI=1S/C13H23NO2/c1-5-16-13(15)11(4)9-14-8-6-7-12(14)10(2)3/h10,12H,4-9H2,1-3H3. The van der Waals surface area contributed by atoms with E-state index in [0.29, 0.717) is 30.7 Å². The Bertz CT molecular complexity index is 261. The first-order valence-corrected chi connectivity index (χ1v) is 6.15. The second-order valence-corrected chi connectivity index (χ2v) is 4.75. The predicted molar refractivity (Wildman–Crippen MR) is 65.2 cm³/mol. The van der Waals surface area contributed by atoms with Crippen LogP contribution in [0.2, 0.25) is 0 Å². The molecule has 1 heterocycles. The number of likely N-dealkylation sites (tertiary alicyclic amines) is 1. The van der Waals surface area contributed by atoms with E-state index in [0.717, 1.165) is 6.54 Å². The normalized spacial score (nSPS) is 21.4. The summed E-state index contributed by atoms with van der Waals surface area (Å²) in [5.41, 5.74) is 0.578. The third-order valence-corrected chi connectivity index (χ3v) is 3.14. The fraction of sp³-hybridized carbons (Fsp3) is 0.769. The Balaban J connectivity index is 2.47. The Morgan fingerprint density at radius 3 is 2.81 bits per heavy atom. The van der Waals surface area contributed by atoms with Crippen LogP contribution >= 0.6 is 0 Å². The zero-order valence-electron chi connectivity index (χ0n) is 10.7. The molecule has 92 valence electrons. The van der Waals surface area contributed by atoms with Gasteiger partial charge in [0.15, 0.2) is 0 Å². The first kappa shape index (κ1) is 13.2. The van der Waals surface area contributed by atoms with E-state index in [1.54, 1.807) is 0 Å². The highest BCUT2D eigenvalue weighted by atomic mass is 16.5. The van der Waals surface area contributed by atoms with Crippen molar-refractivity contribution in [2.75, 3.05) is 19.7 Å². The van der Waals surface area contributed by atoms with Gasteiger partial charge in [-0.2, -0.15) is 0 Å². The minimum atomic E-state index is -0.253. The van der Waals surface area contributed by atoms with Gasteiger partial charge in [-0.1, -0.05) is 20.4 Å². The van der Waals surface area contributed by atoms with Crippen molar-refractivity contribution in [3.63, 3.8) is 0 Å². The van der Waals surface area contributed by atoms with E-state index < -0.39 is 0 Å². The van der Waals surface area contributed by atoms with Crippen molar-refractivity contribution in [2.24, 2.45) is 5.92 Å². The van der Waals surface area contributed by atoms with Crippen LogP contribution in [0.3, 0.4) is 0 Å². The molecule has 1 atom stereocenters. The first-order chi connectivity index (χ1) is 7.56. The van der Waals surface area contributed by atoms with Crippen LogP contribution in [0, 0.1) is 5.92 Å². The molecule has 3 heteroatoms. The largest absolute Gasteiger partial charge is 0.463 e. The van der Waals surface area contributed by atoms with E-state index in [4.69, 9.17) is 4.74 Å². The molecule has 0 aromatic carbocycles. The molecule has 0 bridgehead atoms. The number of rotatable bonds is 5. The summed E-state index contributed by atoms with van der Waals surface area (Å²) in [5, 5.41) is 0.